The van der Waals surface area contributed by atoms with E-state index in [1.807, 2.05) is 30.5 Å². The fourth-order valence-corrected chi connectivity index (χ4v) is 2.93. The quantitative estimate of drug-likeness (QED) is 0.798. The predicted octanol–water partition coefficient (Wildman–Crippen LogP) is 4.74. The van der Waals surface area contributed by atoms with Crippen LogP contribution in [0.15, 0.2) is 23.6 Å². The van der Waals surface area contributed by atoms with Crippen LogP contribution in [0.5, 0.6) is 5.75 Å². The van der Waals surface area contributed by atoms with Gasteiger partial charge in [0.25, 0.3) is 0 Å². The molecule has 0 amide bonds. The lowest BCUT2D eigenvalue weighted by Gasteiger charge is -2.18. The Kier molecular flexibility index (Phi) is 6.03. The maximum absolute atomic E-state index is 6.12. The van der Waals surface area contributed by atoms with Crippen molar-refractivity contribution in [3.05, 3.63) is 44.9 Å². The van der Waals surface area contributed by atoms with Crippen LogP contribution in [-0.2, 0) is 6.61 Å². The maximum atomic E-state index is 6.12. The monoisotopic (exact) mass is 324 g/mol. The zero-order chi connectivity index (χ0) is 15.2. The van der Waals surface area contributed by atoms with Gasteiger partial charge in [-0.05, 0) is 45.0 Å². The predicted molar refractivity (Wildman–Crippen MR) is 89.3 cm³/mol. The second-order valence-electron chi connectivity index (χ2n) is 5.03. The number of aryl methyl sites for hydroxylation is 1. The van der Waals surface area contributed by atoms with E-state index in [-0.39, 0.29) is 6.04 Å². The van der Waals surface area contributed by atoms with Gasteiger partial charge in [-0.1, -0.05) is 18.5 Å². The number of halogens is 1. The molecule has 1 heterocycles. The minimum absolute atomic E-state index is 0.205. The van der Waals surface area contributed by atoms with E-state index in [4.69, 9.17) is 16.3 Å². The van der Waals surface area contributed by atoms with E-state index < -0.39 is 0 Å². The molecule has 0 aliphatic carbocycles. The molecule has 1 aromatic carbocycles. The summed E-state index contributed by atoms with van der Waals surface area (Å²) >= 11 is 7.74. The summed E-state index contributed by atoms with van der Waals surface area (Å²) in [4.78, 5) is 4.42. The van der Waals surface area contributed by atoms with E-state index in [1.165, 1.54) is 0 Å². The molecule has 2 rings (SSSR count). The van der Waals surface area contributed by atoms with Gasteiger partial charge in [0.1, 0.15) is 17.4 Å². The van der Waals surface area contributed by atoms with E-state index in [2.05, 4.69) is 24.1 Å². The molecule has 0 aliphatic rings. The van der Waals surface area contributed by atoms with Crippen LogP contribution in [0, 0.1) is 6.92 Å². The van der Waals surface area contributed by atoms with E-state index in [0.29, 0.717) is 6.61 Å². The molecule has 0 fully saturated rings. The Labute approximate surface area is 135 Å². The van der Waals surface area contributed by atoms with E-state index in [9.17, 15) is 0 Å². The molecule has 1 atom stereocenters. The Morgan fingerprint density at radius 3 is 2.90 bits per heavy atom. The second-order valence-corrected chi connectivity index (χ2v) is 6.41. The smallest absolute Gasteiger partial charge is 0.140 e. The summed E-state index contributed by atoms with van der Waals surface area (Å²) < 4.78 is 5.94. The summed E-state index contributed by atoms with van der Waals surface area (Å²) in [5.41, 5.74) is 2.12. The molecule has 5 heteroatoms. The van der Waals surface area contributed by atoms with Gasteiger partial charge in [0, 0.05) is 27.7 Å². The maximum Gasteiger partial charge on any atom is 0.140 e. The Bertz CT molecular complexity index is 585. The van der Waals surface area contributed by atoms with Crippen molar-refractivity contribution in [1.82, 2.24) is 10.3 Å². The Morgan fingerprint density at radius 2 is 2.24 bits per heavy atom. The minimum Gasteiger partial charge on any atom is -0.486 e. The standard InChI is InChI=1S/C16H21ClN2OS/c1-4-7-18-12(3)14-8-13(17)5-6-15(14)20-9-16-19-11(2)10-21-16/h5-6,8,10,12,18H,4,7,9H2,1-3H3. The molecule has 3 nitrogen and oxygen atoms in total. The van der Waals surface area contributed by atoms with Gasteiger partial charge < -0.3 is 10.1 Å². The molecule has 1 unspecified atom stereocenters. The number of nitrogens with one attached hydrogen (secondary N) is 1. The highest BCUT2D eigenvalue weighted by atomic mass is 35.5. The van der Waals surface area contributed by atoms with Gasteiger partial charge in [-0.25, -0.2) is 4.98 Å². The molecule has 1 aromatic heterocycles. The van der Waals surface area contributed by atoms with Crippen molar-refractivity contribution in [1.29, 1.82) is 0 Å². The largest absolute Gasteiger partial charge is 0.486 e. The number of hydrogen-bond acceptors (Lipinski definition) is 4. The fourth-order valence-electron chi connectivity index (χ4n) is 2.07. The zero-order valence-corrected chi connectivity index (χ0v) is 14.2. The molecule has 114 valence electrons. The normalized spacial score (nSPS) is 12.4. The molecule has 2 aromatic rings. The van der Waals surface area contributed by atoms with Crippen molar-refractivity contribution in [3.63, 3.8) is 0 Å². The van der Waals surface area contributed by atoms with Gasteiger partial charge in [0.2, 0.25) is 0 Å². The summed E-state index contributed by atoms with van der Waals surface area (Å²) in [5, 5.41) is 7.22. The molecule has 0 saturated carbocycles. The summed E-state index contributed by atoms with van der Waals surface area (Å²) in [5.74, 6) is 0.864. The summed E-state index contributed by atoms with van der Waals surface area (Å²) in [6.45, 7) is 7.73. The molecule has 0 bridgehead atoms. The van der Waals surface area contributed by atoms with Gasteiger partial charge >= 0.3 is 0 Å². The average Bonchev–Trinajstić information content (AvgIpc) is 2.89. The molecular weight excluding hydrogens is 304 g/mol. The number of rotatable bonds is 7. The van der Waals surface area contributed by atoms with Crippen LogP contribution < -0.4 is 10.1 Å². The first-order valence-electron chi connectivity index (χ1n) is 7.16. The highest BCUT2D eigenvalue weighted by molar-refractivity contribution is 7.09. The lowest BCUT2D eigenvalue weighted by Crippen LogP contribution is -2.20. The van der Waals surface area contributed by atoms with Crippen LogP contribution >= 0.6 is 22.9 Å². The Hall–Kier alpha value is -1.10. The SMILES string of the molecule is CCCNC(C)c1cc(Cl)ccc1OCc1nc(C)cs1. The van der Waals surface area contributed by atoms with Crippen LogP contribution in [0.2, 0.25) is 5.02 Å². The number of hydrogen-bond donors (Lipinski definition) is 1. The molecular formula is C16H21ClN2OS. The number of ether oxygens (including phenoxy) is 1. The van der Waals surface area contributed by atoms with Crippen LogP contribution in [-0.4, -0.2) is 11.5 Å². The Morgan fingerprint density at radius 1 is 1.43 bits per heavy atom. The number of nitrogens with zero attached hydrogens (tertiary/aromatic N) is 1. The number of benzene rings is 1. The summed E-state index contributed by atoms with van der Waals surface area (Å²) in [6.07, 6.45) is 1.10. The van der Waals surface area contributed by atoms with Crippen LogP contribution in [0.4, 0.5) is 0 Å². The van der Waals surface area contributed by atoms with E-state index in [0.717, 1.165) is 40.0 Å². The lowest BCUT2D eigenvalue weighted by atomic mass is 10.1. The first kappa shape index (κ1) is 16.3. The number of aromatic nitrogens is 1. The highest BCUT2D eigenvalue weighted by Crippen LogP contribution is 2.29. The lowest BCUT2D eigenvalue weighted by molar-refractivity contribution is 0.299. The van der Waals surface area contributed by atoms with E-state index in [1.54, 1.807) is 11.3 Å². The van der Waals surface area contributed by atoms with Gasteiger partial charge in [0.15, 0.2) is 0 Å². The van der Waals surface area contributed by atoms with Crippen LogP contribution in [0.25, 0.3) is 0 Å². The third-order valence-corrected chi connectivity index (χ3v) is 4.33. The van der Waals surface area contributed by atoms with Gasteiger partial charge in [-0.15, -0.1) is 11.3 Å². The fraction of sp³-hybridized carbons (Fsp3) is 0.438. The third-order valence-electron chi connectivity index (χ3n) is 3.16. The molecule has 21 heavy (non-hydrogen) atoms. The van der Waals surface area contributed by atoms with Gasteiger partial charge in [-0.3, -0.25) is 0 Å². The van der Waals surface area contributed by atoms with Crippen molar-refractivity contribution >= 4 is 22.9 Å². The number of thiazole rings is 1. The summed E-state index contributed by atoms with van der Waals surface area (Å²) in [7, 11) is 0. The van der Waals surface area contributed by atoms with Crippen molar-refractivity contribution in [2.24, 2.45) is 0 Å². The first-order valence-corrected chi connectivity index (χ1v) is 8.42. The first-order chi connectivity index (χ1) is 10.1. The van der Waals surface area contributed by atoms with Gasteiger partial charge in [0.05, 0.1) is 0 Å². The molecule has 0 radical (unpaired) electrons. The zero-order valence-electron chi connectivity index (χ0n) is 12.6. The third kappa shape index (κ3) is 4.70. The molecule has 0 aliphatic heterocycles. The second kappa shape index (κ2) is 7.78. The Balaban J connectivity index is 2.10. The minimum atomic E-state index is 0.205. The van der Waals surface area contributed by atoms with Crippen LogP contribution in [0.1, 0.15) is 42.6 Å². The van der Waals surface area contributed by atoms with Crippen molar-refractivity contribution in [2.45, 2.75) is 39.8 Å². The van der Waals surface area contributed by atoms with Crippen molar-refractivity contribution in [2.75, 3.05) is 6.54 Å². The molecule has 1 N–H and O–H groups in total. The van der Waals surface area contributed by atoms with Gasteiger partial charge in [-0.2, -0.15) is 0 Å². The highest BCUT2D eigenvalue weighted by Gasteiger charge is 2.12. The van der Waals surface area contributed by atoms with Crippen molar-refractivity contribution < 1.29 is 4.74 Å². The summed E-state index contributed by atoms with van der Waals surface area (Å²) in [6, 6.07) is 5.97. The molecule has 0 spiro atoms. The van der Waals surface area contributed by atoms with E-state index >= 15 is 0 Å². The topological polar surface area (TPSA) is 34.1 Å². The van der Waals surface area contributed by atoms with Crippen molar-refractivity contribution in [3.8, 4) is 5.75 Å². The molecule has 0 saturated heterocycles. The van der Waals surface area contributed by atoms with Crippen LogP contribution in [0.3, 0.4) is 0 Å². The average molecular weight is 325 g/mol.